The highest BCUT2D eigenvalue weighted by atomic mass is 16.4. The molecule has 0 aliphatic carbocycles. The van der Waals surface area contributed by atoms with E-state index < -0.39 is 11.5 Å². The average molecular weight is 241 g/mol. The molecule has 1 rings (SSSR count). The van der Waals surface area contributed by atoms with Gasteiger partial charge in [-0.05, 0) is 38.6 Å². The second-order valence-electron chi connectivity index (χ2n) is 5.23. The Kier molecular flexibility index (Phi) is 5.44. The number of carboxylic acid groups (broad SMARTS) is 1. The summed E-state index contributed by atoms with van der Waals surface area (Å²) in [5.41, 5.74) is -0.565. The normalized spacial score (nSPS) is 27.2. The van der Waals surface area contributed by atoms with Gasteiger partial charge in [0.2, 0.25) is 0 Å². The van der Waals surface area contributed by atoms with Gasteiger partial charge < -0.3 is 5.11 Å². The predicted octanol–water partition coefficient (Wildman–Crippen LogP) is 3.28. The van der Waals surface area contributed by atoms with Gasteiger partial charge in [-0.15, -0.1) is 0 Å². The number of aliphatic carboxylic acids is 1. The standard InChI is InChI=1S/C14H27NO2/c1-4-8-12(6-3)15-11-7-10-14(15,9-5-2)13(16)17/h12H,4-11H2,1-3H3,(H,16,17). The average Bonchev–Trinajstić information content (AvgIpc) is 2.71. The van der Waals surface area contributed by atoms with Crippen molar-refractivity contribution in [3.05, 3.63) is 0 Å². The fourth-order valence-corrected chi connectivity index (χ4v) is 3.36. The number of carboxylic acids is 1. The molecule has 1 N–H and O–H groups in total. The molecule has 3 nitrogen and oxygen atoms in total. The van der Waals surface area contributed by atoms with Crippen LogP contribution < -0.4 is 0 Å². The summed E-state index contributed by atoms with van der Waals surface area (Å²) in [6.45, 7) is 7.41. The van der Waals surface area contributed by atoms with E-state index in [2.05, 4.69) is 25.7 Å². The first-order chi connectivity index (χ1) is 8.12. The minimum atomic E-state index is -0.605. The lowest BCUT2D eigenvalue weighted by Gasteiger charge is -2.40. The molecule has 3 heteroatoms. The fraction of sp³-hybridized carbons (Fsp3) is 0.929. The molecule has 0 radical (unpaired) electrons. The summed E-state index contributed by atoms with van der Waals surface area (Å²) in [6, 6.07) is 0.449. The molecule has 0 aromatic heterocycles. The third kappa shape index (κ3) is 2.82. The van der Waals surface area contributed by atoms with Crippen molar-refractivity contribution in [3.63, 3.8) is 0 Å². The first-order valence-electron chi connectivity index (χ1n) is 7.12. The summed E-state index contributed by atoms with van der Waals surface area (Å²) in [6.07, 6.45) is 6.93. The van der Waals surface area contributed by atoms with Crippen LogP contribution in [0, 0.1) is 0 Å². The van der Waals surface area contributed by atoms with Crippen molar-refractivity contribution in [2.75, 3.05) is 6.54 Å². The zero-order valence-corrected chi connectivity index (χ0v) is 11.5. The molecule has 17 heavy (non-hydrogen) atoms. The van der Waals surface area contributed by atoms with E-state index in [4.69, 9.17) is 0 Å². The molecule has 2 atom stereocenters. The highest BCUT2D eigenvalue weighted by molar-refractivity contribution is 5.79. The second-order valence-corrected chi connectivity index (χ2v) is 5.23. The summed E-state index contributed by atoms with van der Waals surface area (Å²) in [5, 5.41) is 9.64. The van der Waals surface area contributed by atoms with Crippen LogP contribution in [-0.2, 0) is 4.79 Å². The Morgan fingerprint density at radius 2 is 2.06 bits per heavy atom. The predicted molar refractivity (Wildman–Crippen MR) is 70.2 cm³/mol. The zero-order valence-electron chi connectivity index (χ0n) is 11.5. The molecule has 0 spiro atoms. The summed E-state index contributed by atoms with van der Waals surface area (Å²) >= 11 is 0. The molecule has 1 aliphatic rings. The fourth-order valence-electron chi connectivity index (χ4n) is 3.36. The molecular weight excluding hydrogens is 214 g/mol. The highest BCUT2D eigenvalue weighted by Gasteiger charge is 2.48. The number of likely N-dealkylation sites (tertiary alicyclic amines) is 1. The summed E-state index contributed by atoms with van der Waals surface area (Å²) in [4.78, 5) is 14.0. The van der Waals surface area contributed by atoms with Crippen LogP contribution in [0.4, 0.5) is 0 Å². The van der Waals surface area contributed by atoms with Crippen LogP contribution in [0.15, 0.2) is 0 Å². The van der Waals surface area contributed by atoms with Gasteiger partial charge in [-0.2, -0.15) is 0 Å². The van der Waals surface area contributed by atoms with E-state index >= 15 is 0 Å². The largest absolute Gasteiger partial charge is 0.480 e. The quantitative estimate of drug-likeness (QED) is 0.743. The van der Waals surface area contributed by atoms with Crippen LogP contribution in [0.2, 0.25) is 0 Å². The van der Waals surface area contributed by atoms with E-state index in [1.165, 1.54) is 0 Å². The highest BCUT2D eigenvalue weighted by Crippen LogP contribution is 2.37. The Morgan fingerprint density at radius 1 is 1.35 bits per heavy atom. The lowest BCUT2D eigenvalue weighted by Crippen LogP contribution is -2.54. The first-order valence-corrected chi connectivity index (χ1v) is 7.12. The number of hydrogen-bond acceptors (Lipinski definition) is 2. The van der Waals surface area contributed by atoms with Crippen molar-refractivity contribution < 1.29 is 9.90 Å². The zero-order chi connectivity index (χ0) is 12.9. The summed E-state index contributed by atoms with van der Waals surface area (Å²) in [7, 11) is 0. The van der Waals surface area contributed by atoms with Crippen molar-refractivity contribution >= 4 is 5.97 Å². The van der Waals surface area contributed by atoms with Crippen molar-refractivity contribution in [1.29, 1.82) is 0 Å². The molecule has 0 amide bonds. The molecule has 1 saturated heterocycles. The van der Waals surface area contributed by atoms with Gasteiger partial charge in [0.1, 0.15) is 5.54 Å². The van der Waals surface area contributed by atoms with Crippen LogP contribution in [0.5, 0.6) is 0 Å². The van der Waals surface area contributed by atoms with Gasteiger partial charge in [-0.1, -0.05) is 33.6 Å². The Morgan fingerprint density at radius 3 is 2.53 bits per heavy atom. The Bertz CT molecular complexity index is 255. The lowest BCUT2D eigenvalue weighted by molar-refractivity contribution is -0.152. The van der Waals surface area contributed by atoms with E-state index in [0.717, 1.165) is 51.5 Å². The van der Waals surface area contributed by atoms with E-state index in [-0.39, 0.29) is 0 Å². The Hall–Kier alpha value is -0.570. The monoisotopic (exact) mass is 241 g/mol. The minimum Gasteiger partial charge on any atom is -0.480 e. The molecule has 0 aromatic rings. The minimum absolute atomic E-state index is 0.449. The Balaban J connectivity index is 2.90. The lowest BCUT2D eigenvalue weighted by atomic mass is 9.88. The van der Waals surface area contributed by atoms with Gasteiger partial charge in [-0.25, -0.2) is 0 Å². The maximum absolute atomic E-state index is 11.7. The van der Waals surface area contributed by atoms with E-state index in [1.54, 1.807) is 0 Å². The number of carbonyl (C=O) groups is 1. The molecular formula is C14H27NO2. The molecule has 100 valence electrons. The van der Waals surface area contributed by atoms with Crippen LogP contribution in [0.25, 0.3) is 0 Å². The van der Waals surface area contributed by atoms with Crippen LogP contribution >= 0.6 is 0 Å². The second kappa shape index (κ2) is 6.39. The molecule has 1 heterocycles. The third-order valence-electron chi connectivity index (χ3n) is 4.13. The van der Waals surface area contributed by atoms with Crippen LogP contribution in [0.3, 0.4) is 0 Å². The molecule has 2 unspecified atom stereocenters. The third-order valence-corrected chi connectivity index (χ3v) is 4.13. The van der Waals surface area contributed by atoms with Crippen molar-refractivity contribution in [3.8, 4) is 0 Å². The molecule has 0 saturated carbocycles. The number of nitrogens with zero attached hydrogens (tertiary/aromatic N) is 1. The maximum Gasteiger partial charge on any atom is 0.324 e. The van der Waals surface area contributed by atoms with Gasteiger partial charge in [0, 0.05) is 6.04 Å². The summed E-state index contributed by atoms with van der Waals surface area (Å²) < 4.78 is 0. The van der Waals surface area contributed by atoms with E-state index in [0.29, 0.717) is 6.04 Å². The van der Waals surface area contributed by atoms with Crippen molar-refractivity contribution in [1.82, 2.24) is 4.90 Å². The van der Waals surface area contributed by atoms with Crippen LogP contribution in [-0.4, -0.2) is 34.1 Å². The molecule has 0 bridgehead atoms. The van der Waals surface area contributed by atoms with E-state index in [1.807, 2.05) is 0 Å². The van der Waals surface area contributed by atoms with Crippen LogP contribution in [0.1, 0.15) is 65.7 Å². The number of rotatable bonds is 7. The van der Waals surface area contributed by atoms with Crippen molar-refractivity contribution in [2.24, 2.45) is 0 Å². The topological polar surface area (TPSA) is 40.5 Å². The van der Waals surface area contributed by atoms with Gasteiger partial charge in [-0.3, -0.25) is 9.69 Å². The summed E-state index contributed by atoms with van der Waals surface area (Å²) in [5.74, 6) is -0.605. The Labute approximate surface area is 105 Å². The first kappa shape index (κ1) is 14.5. The smallest absolute Gasteiger partial charge is 0.324 e. The van der Waals surface area contributed by atoms with Gasteiger partial charge in [0.25, 0.3) is 0 Å². The van der Waals surface area contributed by atoms with Gasteiger partial charge in [0.15, 0.2) is 0 Å². The van der Waals surface area contributed by atoms with Gasteiger partial charge >= 0.3 is 5.97 Å². The van der Waals surface area contributed by atoms with E-state index in [9.17, 15) is 9.90 Å². The van der Waals surface area contributed by atoms with Crippen molar-refractivity contribution in [2.45, 2.75) is 77.3 Å². The maximum atomic E-state index is 11.7. The molecule has 0 aromatic carbocycles. The number of hydrogen-bond donors (Lipinski definition) is 1. The molecule has 1 aliphatic heterocycles. The SMILES string of the molecule is CCCC(CC)N1CCCC1(CCC)C(=O)O. The van der Waals surface area contributed by atoms with Gasteiger partial charge in [0.05, 0.1) is 0 Å². The molecule has 1 fully saturated rings.